The molecule has 4 nitrogen and oxygen atoms in total. The third-order valence-corrected chi connectivity index (χ3v) is 2.12. The van der Waals surface area contributed by atoms with Crippen LogP contribution in [0.4, 0.5) is 0 Å². The summed E-state index contributed by atoms with van der Waals surface area (Å²) in [5, 5.41) is 11.3. The van der Waals surface area contributed by atoms with Crippen LogP contribution < -0.4 is 5.32 Å². The summed E-state index contributed by atoms with van der Waals surface area (Å²) in [7, 11) is 1.98. The van der Waals surface area contributed by atoms with E-state index in [0.29, 0.717) is 6.04 Å². The van der Waals surface area contributed by atoms with Crippen molar-refractivity contribution in [3.8, 4) is 0 Å². The third-order valence-electron chi connectivity index (χ3n) is 2.12. The zero-order valence-electron chi connectivity index (χ0n) is 6.62. The number of nitrogens with one attached hydrogen (secondary N) is 1. The van der Waals surface area contributed by atoms with Crippen molar-refractivity contribution >= 4 is 0 Å². The zero-order valence-corrected chi connectivity index (χ0v) is 6.62. The van der Waals surface area contributed by atoms with E-state index in [1.165, 1.54) is 12.8 Å². The monoisotopic (exact) mass is 152 g/mol. The van der Waals surface area contributed by atoms with E-state index in [2.05, 4.69) is 15.5 Å². The van der Waals surface area contributed by atoms with Gasteiger partial charge in [-0.25, -0.2) is 0 Å². The van der Waals surface area contributed by atoms with Gasteiger partial charge in [-0.1, -0.05) is 0 Å². The lowest BCUT2D eigenvalue weighted by atomic mass is 10.2. The van der Waals surface area contributed by atoms with Gasteiger partial charge in [0.05, 0.1) is 6.04 Å². The van der Waals surface area contributed by atoms with Gasteiger partial charge in [0, 0.05) is 7.05 Å². The molecule has 2 heterocycles. The van der Waals surface area contributed by atoms with E-state index < -0.39 is 0 Å². The smallest absolute Gasteiger partial charge is 0.149 e. The Morgan fingerprint density at radius 2 is 2.64 bits per heavy atom. The molecule has 0 radical (unpaired) electrons. The van der Waals surface area contributed by atoms with E-state index in [0.717, 1.165) is 12.4 Å². The van der Waals surface area contributed by atoms with Gasteiger partial charge in [-0.05, 0) is 19.4 Å². The first-order chi connectivity index (χ1) is 5.38. The molecule has 0 aliphatic carbocycles. The lowest BCUT2D eigenvalue weighted by Gasteiger charge is -2.07. The molecule has 2 rings (SSSR count). The van der Waals surface area contributed by atoms with E-state index in [1.54, 1.807) is 6.33 Å². The number of hydrogen-bond acceptors (Lipinski definition) is 3. The predicted octanol–water partition coefficient (Wildman–Crippen LogP) is 0.240. The number of nitrogens with zero attached hydrogens (tertiary/aromatic N) is 3. The fraction of sp³-hybridized carbons (Fsp3) is 0.714. The molecule has 1 aromatic rings. The Balaban J connectivity index is 2.21. The molecular weight excluding hydrogens is 140 g/mol. The maximum absolute atomic E-state index is 4.05. The van der Waals surface area contributed by atoms with E-state index in [9.17, 15) is 0 Å². The van der Waals surface area contributed by atoms with Crippen molar-refractivity contribution in [2.45, 2.75) is 18.9 Å². The highest BCUT2D eigenvalue weighted by molar-refractivity contribution is 4.96. The molecule has 0 bridgehead atoms. The van der Waals surface area contributed by atoms with Crippen LogP contribution in [-0.2, 0) is 7.05 Å². The highest BCUT2D eigenvalue weighted by Crippen LogP contribution is 2.19. The van der Waals surface area contributed by atoms with Gasteiger partial charge in [-0.2, -0.15) is 0 Å². The van der Waals surface area contributed by atoms with Crippen molar-refractivity contribution < 1.29 is 0 Å². The van der Waals surface area contributed by atoms with Crippen molar-refractivity contribution in [3.05, 3.63) is 12.2 Å². The molecule has 1 aromatic heterocycles. The molecule has 0 aromatic carbocycles. The number of aryl methyl sites for hydroxylation is 1. The predicted molar refractivity (Wildman–Crippen MR) is 41.0 cm³/mol. The SMILES string of the molecule is Cn1cnnc1[C@@H]1CCCN1. The minimum absolute atomic E-state index is 0.433. The van der Waals surface area contributed by atoms with Crippen molar-refractivity contribution in [2.24, 2.45) is 7.05 Å². The van der Waals surface area contributed by atoms with Crippen molar-refractivity contribution in [2.75, 3.05) is 6.54 Å². The highest BCUT2D eigenvalue weighted by Gasteiger charge is 2.19. The molecule has 0 amide bonds. The van der Waals surface area contributed by atoms with Gasteiger partial charge in [-0.3, -0.25) is 0 Å². The highest BCUT2D eigenvalue weighted by atomic mass is 15.3. The Morgan fingerprint density at radius 1 is 1.73 bits per heavy atom. The Bertz CT molecular complexity index is 236. The Kier molecular flexibility index (Phi) is 1.62. The minimum atomic E-state index is 0.433. The molecule has 1 aliphatic heterocycles. The maximum Gasteiger partial charge on any atom is 0.149 e. The molecular formula is C7H12N4. The molecule has 0 spiro atoms. The summed E-state index contributed by atoms with van der Waals surface area (Å²) in [6.45, 7) is 1.11. The van der Waals surface area contributed by atoms with Crippen LogP contribution in [-0.4, -0.2) is 21.3 Å². The molecule has 0 unspecified atom stereocenters. The van der Waals surface area contributed by atoms with Crippen LogP contribution in [0.25, 0.3) is 0 Å². The van der Waals surface area contributed by atoms with E-state index >= 15 is 0 Å². The quantitative estimate of drug-likeness (QED) is 0.626. The largest absolute Gasteiger partial charge is 0.319 e. The minimum Gasteiger partial charge on any atom is -0.319 e. The Labute approximate surface area is 65.6 Å². The van der Waals surface area contributed by atoms with Crippen molar-refractivity contribution in [1.82, 2.24) is 20.1 Å². The molecule has 1 atom stereocenters. The summed E-state index contributed by atoms with van der Waals surface area (Å²) in [4.78, 5) is 0. The van der Waals surface area contributed by atoms with Gasteiger partial charge < -0.3 is 9.88 Å². The first-order valence-corrected chi connectivity index (χ1v) is 3.95. The van der Waals surface area contributed by atoms with E-state index in [1.807, 2.05) is 11.6 Å². The molecule has 1 N–H and O–H groups in total. The second kappa shape index (κ2) is 2.62. The van der Waals surface area contributed by atoms with Crippen molar-refractivity contribution in [3.63, 3.8) is 0 Å². The van der Waals surface area contributed by atoms with Gasteiger partial charge in [-0.15, -0.1) is 10.2 Å². The zero-order chi connectivity index (χ0) is 7.68. The summed E-state index contributed by atoms with van der Waals surface area (Å²) in [5.41, 5.74) is 0. The lowest BCUT2D eigenvalue weighted by Crippen LogP contribution is -2.16. The van der Waals surface area contributed by atoms with Gasteiger partial charge in [0.25, 0.3) is 0 Å². The standard InChI is InChI=1S/C7H12N4/c1-11-5-9-10-7(11)6-3-2-4-8-6/h5-6,8H,2-4H2,1H3/t6-/m0/s1. The number of aromatic nitrogens is 3. The van der Waals surface area contributed by atoms with Crippen LogP contribution in [0.15, 0.2) is 6.33 Å². The summed E-state index contributed by atoms with van der Waals surface area (Å²) < 4.78 is 1.98. The van der Waals surface area contributed by atoms with E-state index in [4.69, 9.17) is 0 Å². The lowest BCUT2D eigenvalue weighted by molar-refractivity contribution is 0.577. The maximum atomic E-state index is 4.05. The van der Waals surface area contributed by atoms with Gasteiger partial charge in [0.15, 0.2) is 0 Å². The number of rotatable bonds is 1. The normalized spacial score (nSPS) is 24.3. The third kappa shape index (κ3) is 1.14. The first kappa shape index (κ1) is 6.79. The van der Waals surface area contributed by atoms with Crippen LogP contribution in [0.2, 0.25) is 0 Å². The summed E-state index contributed by atoms with van der Waals surface area (Å²) in [5.74, 6) is 1.06. The molecule has 1 fully saturated rings. The average Bonchev–Trinajstić information content (AvgIpc) is 2.55. The first-order valence-electron chi connectivity index (χ1n) is 3.95. The summed E-state index contributed by atoms with van der Waals surface area (Å²) in [6.07, 6.45) is 4.18. The molecule has 11 heavy (non-hydrogen) atoms. The fourth-order valence-electron chi connectivity index (χ4n) is 1.51. The van der Waals surface area contributed by atoms with Crippen molar-refractivity contribution in [1.29, 1.82) is 0 Å². The summed E-state index contributed by atoms with van der Waals surface area (Å²) in [6, 6.07) is 0.433. The average molecular weight is 152 g/mol. The van der Waals surface area contributed by atoms with Gasteiger partial charge >= 0.3 is 0 Å². The molecule has 4 heteroatoms. The molecule has 0 saturated carbocycles. The second-order valence-corrected chi connectivity index (χ2v) is 2.95. The van der Waals surface area contributed by atoms with Gasteiger partial charge in [0.2, 0.25) is 0 Å². The topological polar surface area (TPSA) is 42.7 Å². The molecule has 60 valence electrons. The van der Waals surface area contributed by atoms with Crippen LogP contribution >= 0.6 is 0 Å². The number of hydrogen-bond donors (Lipinski definition) is 1. The summed E-state index contributed by atoms with van der Waals surface area (Å²) >= 11 is 0. The van der Waals surface area contributed by atoms with Crippen LogP contribution in [0.5, 0.6) is 0 Å². The second-order valence-electron chi connectivity index (χ2n) is 2.95. The van der Waals surface area contributed by atoms with Gasteiger partial charge in [0.1, 0.15) is 12.2 Å². The fourth-order valence-corrected chi connectivity index (χ4v) is 1.51. The Morgan fingerprint density at radius 3 is 3.18 bits per heavy atom. The Hall–Kier alpha value is -0.900. The molecule has 1 aliphatic rings. The molecule has 1 saturated heterocycles. The van der Waals surface area contributed by atoms with Crippen LogP contribution in [0.3, 0.4) is 0 Å². The van der Waals surface area contributed by atoms with Crippen LogP contribution in [0, 0.1) is 0 Å². The van der Waals surface area contributed by atoms with E-state index in [-0.39, 0.29) is 0 Å². The van der Waals surface area contributed by atoms with Crippen LogP contribution in [0.1, 0.15) is 24.7 Å².